The Morgan fingerprint density at radius 3 is 2.41 bits per heavy atom. The third-order valence-corrected chi connectivity index (χ3v) is 1.82. The Hall–Kier alpha value is -1.14. The van der Waals surface area contributed by atoms with Gasteiger partial charge in [-0.25, -0.2) is 0 Å². The Labute approximate surface area is 106 Å². The maximum Gasteiger partial charge on any atom is 0.308 e. The summed E-state index contributed by atoms with van der Waals surface area (Å²) in [7, 11) is 2.81. The van der Waals surface area contributed by atoms with Gasteiger partial charge in [0.25, 0.3) is 0 Å². The maximum atomic E-state index is 11.5. The molecule has 0 aromatic rings. The number of esters is 1. The van der Waals surface area contributed by atoms with Gasteiger partial charge < -0.3 is 19.4 Å². The van der Waals surface area contributed by atoms with Crippen molar-refractivity contribution in [3.05, 3.63) is 0 Å². The molecule has 17 heavy (non-hydrogen) atoms. The molecular weight excluding hydrogens is 226 g/mol. The lowest BCUT2D eigenvalue weighted by Crippen LogP contribution is -2.44. The van der Waals surface area contributed by atoms with Crippen LogP contribution in [0.5, 0.6) is 0 Å². The van der Waals surface area contributed by atoms with Gasteiger partial charge in [0, 0.05) is 0 Å². The summed E-state index contributed by atoms with van der Waals surface area (Å²) in [5.74, 6) is -1.94. The first-order valence-electron chi connectivity index (χ1n) is 6.77. The van der Waals surface area contributed by atoms with Gasteiger partial charge in [0.05, 0.1) is 44.1 Å². The van der Waals surface area contributed by atoms with Gasteiger partial charge in [-0.3, -0.25) is 9.59 Å². The van der Waals surface area contributed by atoms with Crippen molar-refractivity contribution in [3.8, 4) is 0 Å². The summed E-state index contributed by atoms with van der Waals surface area (Å²) >= 11 is 0. The zero-order chi connectivity index (χ0) is 16.1. The van der Waals surface area contributed by atoms with Crippen LogP contribution in [-0.4, -0.2) is 66.5 Å². The minimum atomic E-state index is -2.35. The summed E-state index contributed by atoms with van der Waals surface area (Å²) in [5, 5.41) is 17.9. The monoisotopic (exact) mass is 251 g/mol. The van der Waals surface area contributed by atoms with E-state index in [1.807, 2.05) is 0 Å². The average Bonchev–Trinajstić information content (AvgIpc) is 2.10. The van der Waals surface area contributed by atoms with Crippen molar-refractivity contribution < 1.29 is 33.1 Å². The van der Waals surface area contributed by atoms with Crippen molar-refractivity contribution in [2.45, 2.75) is 32.0 Å². The predicted molar refractivity (Wildman–Crippen MR) is 61.3 cm³/mol. The van der Waals surface area contributed by atoms with Crippen LogP contribution in [0.1, 0.15) is 23.9 Å². The number of carbonyl (C=O) groups excluding carboxylic acids is 1. The molecule has 0 amide bonds. The molecule has 6 heteroatoms. The lowest BCUT2D eigenvalue weighted by atomic mass is 10.2. The van der Waals surface area contributed by atoms with Crippen LogP contribution in [0.25, 0.3) is 0 Å². The molecule has 0 bridgehead atoms. The zero-order valence-corrected chi connectivity index (χ0v) is 10.3. The van der Waals surface area contributed by atoms with E-state index in [-0.39, 0.29) is 13.0 Å². The van der Waals surface area contributed by atoms with Crippen LogP contribution in [0.4, 0.5) is 0 Å². The van der Waals surface area contributed by atoms with Crippen molar-refractivity contribution in [2.75, 3.05) is 27.6 Å². The van der Waals surface area contributed by atoms with E-state index in [1.165, 1.54) is 21.0 Å². The van der Waals surface area contributed by atoms with E-state index in [2.05, 4.69) is 0 Å². The summed E-state index contributed by atoms with van der Waals surface area (Å²) in [4.78, 5) is 22.2. The van der Waals surface area contributed by atoms with Crippen molar-refractivity contribution in [2.24, 2.45) is 0 Å². The number of quaternary nitrogens is 1. The van der Waals surface area contributed by atoms with Gasteiger partial charge in [-0.05, 0) is 6.92 Å². The first-order chi connectivity index (χ1) is 8.85. The molecule has 0 aliphatic heterocycles. The van der Waals surface area contributed by atoms with Crippen molar-refractivity contribution in [3.63, 3.8) is 0 Å². The van der Waals surface area contributed by atoms with Crippen LogP contribution in [0, 0.1) is 0 Å². The molecule has 0 aliphatic rings. The van der Waals surface area contributed by atoms with Gasteiger partial charge >= 0.3 is 11.9 Å². The first-order valence-corrected chi connectivity index (χ1v) is 5.27. The van der Waals surface area contributed by atoms with Crippen LogP contribution in [-0.2, 0) is 14.3 Å². The smallest absolute Gasteiger partial charge is 0.308 e. The van der Waals surface area contributed by atoms with E-state index in [1.54, 1.807) is 0 Å². The minimum absolute atomic E-state index is 0.158. The minimum Gasteiger partial charge on any atom is -0.481 e. The second-order valence-electron chi connectivity index (χ2n) is 4.63. The van der Waals surface area contributed by atoms with Gasteiger partial charge in [-0.1, -0.05) is 0 Å². The third-order valence-electron chi connectivity index (χ3n) is 1.82. The molecule has 2 atom stereocenters. The van der Waals surface area contributed by atoms with E-state index in [0.29, 0.717) is 0 Å². The number of ether oxygens (including phenoxy) is 1. The van der Waals surface area contributed by atoms with Crippen LogP contribution < -0.4 is 0 Å². The fourth-order valence-corrected chi connectivity index (χ4v) is 1.32. The number of aliphatic hydroxyl groups excluding tert-OH is 1. The summed E-state index contributed by atoms with van der Waals surface area (Å²) in [6, 6.07) is 0. The van der Waals surface area contributed by atoms with Crippen LogP contribution in [0.3, 0.4) is 0 Å². The Balaban J connectivity index is 4.82. The Bertz CT molecular complexity index is 354. The molecule has 0 aromatic heterocycles. The number of carboxylic acids is 1. The van der Waals surface area contributed by atoms with Gasteiger partial charge in [0.1, 0.15) is 6.54 Å². The van der Waals surface area contributed by atoms with E-state index in [4.69, 9.17) is 19.1 Å². The molecule has 0 aromatic carbocycles. The Kier molecular flexibility index (Phi) is 4.24. The summed E-state index contributed by atoms with van der Waals surface area (Å²) in [6.45, 7) is -1.11. The second kappa shape index (κ2) is 6.56. The number of carboxylic acid groups (broad SMARTS) is 1. The molecule has 0 fully saturated rings. The van der Waals surface area contributed by atoms with E-state index in [0.717, 1.165) is 0 Å². The van der Waals surface area contributed by atoms with Crippen molar-refractivity contribution >= 4 is 11.9 Å². The molecule has 0 saturated heterocycles. The predicted octanol–water partition coefficient (Wildman–Crippen LogP) is -0.150. The van der Waals surface area contributed by atoms with E-state index in [9.17, 15) is 9.59 Å². The number of aliphatic hydroxyl groups is 1. The van der Waals surface area contributed by atoms with Crippen molar-refractivity contribution in [1.29, 1.82) is 0 Å². The summed E-state index contributed by atoms with van der Waals surface area (Å²) in [6.07, 6.45) is -2.71. The molecule has 1 unspecified atom stereocenters. The normalized spacial score (nSPS) is 18.5. The molecule has 2 N–H and O–H groups in total. The lowest BCUT2D eigenvalue weighted by molar-refractivity contribution is -0.873. The van der Waals surface area contributed by atoms with Crippen LogP contribution >= 0.6 is 0 Å². The number of rotatable bonds is 7. The van der Waals surface area contributed by atoms with Gasteiger partial charge in [0.2, 0.25) is 0 Å². The van der Waals surface area contributed by atoms with Crippen molar-refractivity contribution in [1.82, 2.24) is 0 Å². The summed E-state index contributed by atoms with van der Waals surface area (Å²) < 4.78 is 26.6. The molecular formula is C11H22NO5+. The fraction of sp³-hybridized carbons (Fsp3) is 0.818. The molecule has 0 aliphatic carbocycles. The largest absolute Gasteiger partial charge is 0.481 e. The number of nitrogens with zero attached hydrogens (tertiary/aromatic N) is 1. The molecule has 0 rings (SSSR count). The molecule has 0 heterocycles. The topological polar surface area (TPSA) is 83.8 Å². The maximum absolute atomic E-state index is 11.5. The number of aliphatic carboxylic acids is 1. The number of hydrogen-bond donors (Lipinski definition) is 2. The quantitative estimate of drug-likeness (QED) is 0.485. The molecule has 6 nitrogen and oxygen atoms in total. The Morgan fingerprint density at radius 2 is 2.00 bits per heavy atom. The SMILES string of the molecule is [2H]C([2H])([2H])[N+](C)(C)C[C@@H](CC(=O)O)OC(=O)CC(C)O. The second-order valence-corrected chi connectivity index (χ2v) is 4.63. The standard InChI is InChI=1S/C11H21NO5/c1-8(13)5-11(16)17-9(6-10(14)15)7-12(2,3)4/h8-9,13H,5-7H2,1-4H3/p+1/t8?,9-/m1/s1/i2D3. The lowest BCUT2D eigenvalue weighted by Gasteiger charge is -2.28. The zero-order valence-electron chi connectivity index (χ0n) is 13.3. The summed E-state index contributed by atoms with van der Waals surface area (Å²) in [5.41, 5.74) is 0. The Morgan fingerprint density at radius 1 is 1.41 bits per heavy atom. The van der Waals surface area contributed by atoms with Crippen LogP contribution in [0.2, 0.25) is 0 Å². The van der Waals surface area contributed by atoms with Gasteiger partial charge in [0.15, 0.2) is 6.10 Å². The molecule has 0 saturated carbocycles. The first kappa shape index (κ1) is 11.0. The molecule has 0 spiro atoms. The van der Waals surface area contributed by atoms with Crippen LogP contribution in [0.15, 0.2) is 0 Å². The third kappa shape index (κ3) is 9.77. The highest BCUT2D eigenvalue weighted by Crippen LogP contribution is 2.07. The van der Waals surface area contributed by atoms with Gasteiger partial charge in [-0.2, -0.15) is 0 Å². The number of hydrogen-bond acceptors (Lipinski definition) is 4. The van der Waals surface area contributed by atoms with E-state index >= 15 is 0 Å². The average molecular weight is 251 g/mol. The fourth-order valence-electron chi connectivity index (χ4n) is 1.32. The molecule has 100 valence electrons. The highest BCUT2D eigenvalue weighted by molar-refractivity contribution is 5.71. The highest BCUT2D eigenvalue weighted by atomic mass is 16.5. The highest BCUT2D eigenvalue weighted by Gasteiger charge is 2.25. The molecule has 0 radical (unpaired) electrons. The number of likely N-dealkylation sites (N-methyl/N-ethyl adjacent to an activating group) is 1. The van der Waals surface area contributed by atoms with E-state index < -0.39 is 42.0 Å². The number of carbonyl (C=O) groups is 2. The van der Waals surface area contributed by atoms with Gasteiger partial charge in [-0.15, -0.1) is 0 Å².